The molecule has 1 unspecified atom stereocenters. The van der Waals surface area contributed by atoms with Crippen LogP contribution in [0.4, 0.5) is 19.1 Å². The van der Waals surface area contributed by atoms with Gasteiger partial charge in [-0.05, 0) is 48.5 Å². The number of hydrogen-bond acceptors (Lipinski definition) is 5. The molecule has 3 N–H and O–H groups in total. The second-order valence-corrected chi connectivity index (χ2v) is 6.48. The molecule has 2 aliphatic heterocycles. The number of benzene rings is 1. The van der Waals surface area contributed by atoms with Crippen molar-refractivity contribution in [2.75, 3.05) is 5.32 Å². The Morgan fingerprint density at radius 1 is 1.21 bits per heavy atom. The molecule has 1 aromatic heterocycles. The number of allylic oxidation sites excluding steroid dienone is 2. The topological polar surface area (TPSA) is 71.0 Å². The van der Waals surface area contributed by atoms with Gasteiger partial charge < -0.3 is 20.5 Å². The van der Waals surface area contributed by atoms with Gasteiger partial charge in [-0.3, -0.25) is 4.79 Å². The lowest BCUT2D eigenvalue weighted by Crippen LogP contribution is -2.40. The van der Waals surface area contributed by atoms with Crippen molar-refractivity contribution in [2.24, 2.45) is 0 Å². The Hall–Kier alpha value is -3.49. The van der Waals surface area contributed by atoms with Crippen LogP contribution in [0.15, 0.2) is 64.5 Å². The second kappa shape index (κ2) is 6.91. The third kappa shape index (κ3) is 3.38. The Morgan fingerprint density at radius 2 is 2.04 bits per heavy atom. The van der Waals surface area contributed by atoms with Crippen LogP contribution in [0, 0.1) is 17.5 Å². The van der Waals surface area contributed by atoms with E-state index in [4.69, 9.17) is 0 Å². The molecule has 0 saturated carbocycles. The van der Waals surface area contributed by atoms with E-state index in [0.29, 0.717) is 11.3 Å². The highest BCUT2D eigenvalue weighted by Gasteiger charge is 2.22. The number of fused-ring (bicyclic) bond motifs is 1. The highest BCUT2D eigenvalue weighted by Crippen LogP contribution is 2.22. The summed E-state index contributed by atoms with van der Waals surface area (Å²) in [4.78, 5) is 15.5. The van der Waals surface area contributed by atoms with E-state index in [2.05, 4.69) is 20.9 Å². The van der Waals surface area contributed by atoms with E-state index in [-0.39, 0.29) is 18.7 Å². The molecule has 2 aromatic rings. The molecule has 6 nitrogen and oxygen atoms in total. The maximum absolute atomic E-state index is 13.8. The van der Waals surface area contributed by atoms with Gasteiger partial charge in [-0.1, -0.05) is 6.07 Å². The standard InChI is InChI=1S/C19H16F3N5O/c1-10-16(7-12-4-5-23-17(12)24-10)25-19-26-18(28)15(22)9-27(19)8-11-2-3-13(20)14(21)6-11/h2-7,9,17,23-24H,8H2,1H3,(H,25,26,28). The molecule has 0 aliphatic carbocycles. The van der Waals surface area contributed by atoms with E-state index < -0.39 is 23.0 Å². The summed E-state index contributed by atoms with van der Waals surface area (Å²) in [5, 5.41) is 9.41. The van der Waals surface area contributed by atoms with Gasteiger partial charge in [0.2, 0.25) is 11.8 Å². The lowest BCUT2D eigenvalue weighted by molar-refractivity contribution is 0.506. The van der Waals surface area contributed by atoms with Gasteiger partial charge >= 0.3 is 5.56 Å². The van der Waals surface area contributed by atoms with Gasteiger partial charge in [0.1, 0.15) is 6.17 Å². The average molecular weight is 387 g/mol. The molecule has 0 bridgehead atoms. The van der Waals surface area contributed by atoms with Crippen molar-refractivity contribution in [1.29, 1.82) is 0 Å². The summed E-state index contributed by atoms with van der Waals surface area (Å²) in [6, 6.07) is 3.39. The van der Waals surface area contributed by atoms with Crippen molar-refractivity contribution in [2.45, 2.75) is 19.6 Å². The van der Waals surface area contributed by atoms with Crippen molar-refractivity contribution < 1.29 is 13.2 Å². The zero-order valence-electron chi connectivity index (χ0n) is 14.8. The zero-order chi connectivity index (χ0) is 19.8. The van der Waals surface area contributed by atoms with Gasteiger partial charge in [0.25, 0.3) is 0 Å². The number of anilines is 1. The number of nitrogens with one attached hydrogen (secondary N) is 3. The summed E-state index contributed by atoms with van der Waals surface area (Å²) in [7, 11) is 0. The first-order valence-corrected chi connectivity index (χ1v) is 8.50. The van der Waals surface area contributed by atoms with E-state index >= 15 is 0 Å². The molecule has 3 heterocycles. The van der Waals surface area contributed by atoms with Gasteiger partial charge in [0, 0.05) is 11.9 Å². The quantitative estimate of drug-likeness (QED) is 0.751. The minimum absolute atomic E-state index is 0.00978. The maximum atomic E-state index is 13.8. The van der Waals surface area contributed by atoms with Crippen LogP contribution in [0.1, 0.15) is 12.5 Å². The molecule has 1 aromatic carbocycles. The molecule has 9 heteroatoms. The largest absolute Gasteiger partial charge is 0.368 e. The smallest absolute Gasteiger partial charge is 0.310 e. The van der Waals surface area contributed by atoms with E-state index in [1.165, 1.54) is 10.6 Å². The van der Waals surface area contributed by atoms with Crippen LogP contribution in [-0.4, -0.2) is 15.7 Å². The number of dihydropyridines is 1. The third-order valence-electron chi connectivity index (χ3n) is 4.48. The fourth-order valence-corrected chi connectivity index (χ4v) is 3.03. The van der Waals surface area contributed by atoms with Crippen LogP contribution in [-0.2, 0) is 6.54 Å². The molecule has 4 rings (SSSR count). The number of nitrogens with zero attached hydrogens (tertiary/aromatic N) is 2. The first kappa shape index (κ1) is 17.9. The normalized spacial score (nSPS) is 17.7. The number of rotatable bonds is 4. The Labute approximate surface area is 158 Å². The molecule has 0 fully saturated rings. The molecule has 0 spiro atoms. The van der Waals surface area contributed by atoms with E-state index in [9.17, 15) is 18.0 Å². The fraction of sp³-hybridized carbons (Fsp3) is 0.158. The summed E-state index contributed by atoms with van der Waals surface area (Å²) in [5.41, 5.74) is 1.80. The number of aromatic nitrogens is 2. The number of halogens is 3. The lowest BCUT2D eigenvalue weighted by Gasteiger charge is -2.25. The molecule has 0 radical (unpaired) electrons. The molecular weight excluding hydrogens is 371 g/mol. The van der Waals surface area contributed by atoms with Crippen molar-refractivity contribution in [3.63, 3.8) is 0 Å². The van der Waals surface area contributed by atoms with Crippen LogP contribution in [0.5, 0.6) is 0 Å². The van der Waals surface area contributed by atoms with Crippen molar-refractivity contribution >= 4 is 5.95 Å². The van der Waals surface area contributed by atoms with Gasteiger partial charge in [-0.2, -0.15) is 9.37 Å². The Kier molecular flexibility index (Phi) is 4.42. The predicted octanol–water partition coefficient (Wildman–Crippen LogP) is 2.32. The highest BCUT2D eigenvalue weighted by atomic mass is 19.2. The highest BCUT2D eigenvalue weighted by molar-refractivity contribution is 5.50. The second-order valence-electron chi connectivity index (χ2n) is 6.48. The van der Waals surface area contributed by atoms with Crippen LogP contribution >= 0.6 is 0 Å². The minimum atomic E-state index is -1.04. The first-order chi connectivity index (χ1) is 13.4. The third-order valence-corrected chi connectivity index (χ3v) is 4.48. The van der Waals surface area contributed by atoms with Gasteiger partial charge in [-0.15, -0.1) is 0 Å². The van der Waals surface area contributed by atoms with Crippen LogP contribution in [0.25, 0.3) is 0 Å². The van der Waals surface area contributed by atoms with Crippen LogP contribution in [0.3, 0.4) is 0 Å². The molecule has 2 aliphatic rings. The first-order valence-electron chi connectivity index (χ1n) is 8.50. The maximum Gasteiger partial charge on any atom is 0.310 e. The Morgan fingerprint density at radius 3 is 2.82 bits per heavy atom. The van der Waals surface area contributed by atoms with Crippen LogP contribution < -0.4 is 21.5 Å². The summed E-state index contributed by atoms with van der Waals surface area (Å²) >= 11 is 0. The fourth-order valence-electron chi connectivity index (χ4n) is 3.03. The molecular formula is C19H16F3N5O. The summed E-state index contributed by atoms with van der Waals surface area (Å²) in [6.45, 7) is 1.83. The van der Waals surface area contributed by atoms with Gasteiger partial charge in [0.15, 0.2) is 11.6 Å². The Balaban J connectivity index is 1.68. The van der Waals surface area contributed by atoms with Crippen LogP contribution in [0.2, 0.25) is 0 Å². The Bertz CT molecular complexity index is 1100. The molecule has 0 saturated heterocycles. The predicted molar refractivity (Wildman–Crippen MR) is 97.5 cm³/mol. The lowest BCUT2D eigenvalue weighted by atomic mass is 10.1. The average Bonchev–Trinajstić information content (AvgIpc) is 3.09. The SMILES string of the molecule is CC1=C(Nc2nc(=O)c(F)cn2Cc2ccc(F)c(F)c2)C=C2C=CNC2N1. The summed E-state index contributed by atoms with van der Waals surface area (Å²) < 4.78 is 41.8. The minimum Gasteiger partial charge on any atom is -0.368 e. The van der Waals surface area contributed by atoms with Gasteiger partial charge in [-0.25, -0.2) is 8.78 Å². The monoisotopic (exact) mass is 387 g/mol. The van der Waals surface area contributed by atoms with Crippen molar-refractivity contribution in [1.82, 2.24) is 20.2 Å². The van der Waals surface area contributed by atoms with E-state index in [0.717, 1.165) is 29.6 Å². The number of hydrogen-bond donors (Lipinski definition) is 3. The van der Waals surface area contributed by atoms with E-state index in [1.54, 1.807) is 0 Å². The summed E-state index contributed by atoms with van der Waals surface area (Å²) in [5.74, 6) is -2.94. The van der Waals surface area contributed by atoms with Crippen molar-refractivity contribution in [3.8, 4) is 0 Å². The molecule has 1 atom stereocenters. The van der Waals surface area contributed by atoms with E-state index in [1.807, 2.05) is 25.3 Å². The summed E-state index contributed by atoms with van der Waals surface area (Å²) in [6.07, 6.45) is 6.55. The van der Waals surface area contributed by atoms with Crippen molar-refractivity contribution in [3.05, 3.63) is 93.1 Å². The molecule has 28 heavy (non-hydrogen) atoms. The van der Waals surface area contributed by atoms with Gasteiger partial charge in [0.05, 0.1) is 12.2 Å². The molecule has 0 amide bonds. The zero-order valence-corrected chi connectivity index (χ0v) is 14.8. The molecule has 144 valence electrons.